The second kappa shape index (κ2) is 9.00. The van der Waals surface area contributed by atoms with E-state index in [0.717, 1.165) is 16.3 Å². The van der Waals surface area contributed by atoms with E-state index in [-0.39, 0.29) is 35.9 Å². The van der Waals surface area contributed by atoms with Crippen molar-refractivity contribution in [3.05, 3.63) is 26.7 Å². The average Bonchev–Trinajstić information content (AvgIpc) is 2.66. The van der Waals surface area contributed by atoms with E-state index < -0.39 is 23.1 Å². The van der Waals surface area contributed by atoms with E-state index in [1.165, 1.54) is 18.7 Å². The van der Waals surface area contributed by atoms with E-state index in [2.05, 4.69) is 15.3 Å². The maximum Gasteiger partial charge on any atom is 0.332 e. The fourth-order valence-corrected chi connectivity index (χ4v) is 3.23. The number of aromatic nitrogens is 4. The molecule has 0 fully saturated rings. The molecule has 0 aliphatic carbocycles. The van der Waals surface area contributed by atoms with Crippen molar-refractivity contribution < 1.29 is 14.3 Å². The summed E-state index contributed by atoms with van der Waals surface area (Å²) in [7, 11) is 2.91. The number of aryl methyl sites for hydroxylation is 1. The first-order valence-corrected chi connectivity index (χ1v) is 9.68. The normalized spacial score (nSPS) is 11.1. The van der Waals surface area contributed by atoms with Crippen LogP contribution in [0.1, 0.15) is 32.5 Å². The molecule has 0 spiro atoms. The van der Waals surface area contributed by atoms with Gasteiger partial charge < -0.3 is 10.1 Å². The fourth-order valence-electron chi connectivity index (χ4n) is 2.38. The minimum absolute atomic E-state index is 0.0412. The lowest BCUT2D eigenvalue weighted by Gasteiger charge is -2.13. The van der Waals surface area contributed by atoms with Crippen molar-refractivity contribution in [2.24, 2.45) is 14.1 Å². The Kier molecular flexibility index (Phi) is 6.95. The fraction of sp³-hybridized carbons (Fsp3) is 0.529. The number of ether oxygens (including phenoxy) is 1. The highest BCUT2D eigenvalue weighted by Gasteiger charge is 2.19. The predicted molar refractivity (Wildman–Crippen MR) is 104 cm³/mol. The van der Waals surface area contributed by atoms with E-state index >= 15 is 0 Å². The van der Waals surface area contributed by atoms with Crippen LogP contribution < -0.4 is 16.6 Å². The summed E-state index contributed by atoms with van der Waals surface area (Å²) in [5.74, 6) is -0.572. The first-order chi connectivity index (χ1) is 13.2. The molecule has 11 heteroatoms. The molecular weight excluding hydrogens is 386 g/mol. The van der Waals surface area contributed by atoms with Gasteiger partial charge in [-0.05, 0) is 6.92 Å². The number of nitrogens with zero attached hydrogens (tertiary/aromatic N) is 4. The summed E-state index contributed by atoms with van der Waals surface area (Å²) in [6.07, 6.45) is 0. The lowest BCUT2D eigenvalue weighted by Crippen LogP contribution is -2.38. The summed E-state index contributed by atoms with van der Waals surface area (Å²) in [5, 5.41) is 2.95. The summed E-state index contributed by atoms with van der Waals surface area (Å²) in [5.41, 5.74) is -0.793. The third kappa shape index (κ3) is 4.58. The third-order valence-corrected chi connectivity index (χ3v) is 4.85. The monoisotopic (exact) mass is 409 g/mol. The number of rotatable bonds is 7. The van der Waals surface area contributed by atoms with Gasteiger partial charge in [-0.15, -0.1) is 0 Å². The van der Waals surface area contributed by atoms with Crippen LogP contribution in [0.4, 0.5) is 0 Å². The second-order valence-electron chi connectivity index (χ2n) is 6.32. The standard InChI is InChI=1S/C17H23N5O5S/c1-6-27-11(24)7-18-10(23)8-28-15-12-14(19-13(20-15)9(2)3)21(4)17(26)22(5)16(12)25/h9H,6-8H2,1-5H3,(H,18,23). The molecule has 0 saturated carbocycles. The second-order valence-corrected chi connectivity index (χ2v) is 7.28. The molecule has 0 saturated heterocycles. The number of fused-ring (bicyclic) bond motifs is 1. The number of carbonyl (C=O) groups excluding carboxylic acids is 2. The molecule has 28 heavy (non-hydrogen) atoms. The van der Waals surface area contributed by atoms with Crippen LogP contribution in [0.3, 0.4) is 0 Å². The largest absolute Gasteiger partial charge is 0.465 e. The highest BCUT2D eigenvalue weighted by molar-refractivity contribution is 8.00. The maximum atomic E-state index is 12.6. The highest BCUT2D eigenvalue weighted by atomic mass is 32.2. The van der Waals surface area contributed by atoms with Crippen molar-refractivity contribution in [2.45, 2.75) is 31.7 Å². The van der Waals surface area contributed by atoms with Crippen LogP contribution in [-0.4, -0.2) is 49.9 Å². The molecule has 2 aromatic heterocycles. The molecular formula is C17H23N5O5S. The van der Waals surface area contributed by atoms with E-state index in [9.17, 15) is 19.2 Å². The predicted octanol–water partition coefficient (Wildman–Crippen LogP) is -0.0780. The van der Waals surface area contributed by atoms with Crippen molar-refractivity contribution >= 4 is 34.7 Å². The zero-order chi connectivity index (χ0) is 21.0. The van der Waals surface area contributed by atoms with Gasteiger partial charge in [0, 0.05) is 20.0 Å². The van der Waals surface area contributed by atoms with Crippen molar-refractivity contribution in [3.63, 3.8) is 0 Å². The summed E-state index contributed by atoms with van der Waals surface area (Å²) in [6.45, 7) is 5.46. The van der Waals surface area contributed by atoms with Gasteiger partial charge in [-0.25, -0.2) is 14.8 Å². The minimum atomic E-state index is -0.528. The van der Waals surface area contributed by atoms with Crippen LogP contribution in [0.2, 0.25) is 0 Å². The Balaban J connectivity index is 2.38. The molecule has 2 aromatic rings. The molecule has 0 atom stereocenters. The van der Waals surface area contributed by atoms with Crippen molar-refractivity contribution in [2.75, 3.05) is 18.9 Å². The maximum absolute atomic E-state index is 12.6. The van der Waals surface area contributed by atoms with Gasteiger partial charge in [0.25, 0.3) is 5.56 Å². The minimum Gasteiger partial charge on any atom is -0.465 e. The van der Waals surface area contributed by atoms with Crippen LogP contribution in [0.15, 0.2) is 14.6 Å². The Hall–Kier alpha value is -2.69. The molecule has 10 nitrogen and oxygen atoms in total. The molecule has 0 aliphatic rings. The van der Waals surface area contributed by atoms with Crippen LogP contribution in [0, 0.1) is 0 Å². The number of hydrogen-bond donors (Lipinski definition) is 1. The lowest BCUT2D eigenvalue weighted by molar-refractivity contribution is -0.143. The van der Waals surface area contributed by atoms with Crippen LogP contribution in [-0.2, 0) is 28.4 Å². The number of esters is 1. The molecule has 2 rings (SSSR count). The zero-order valence-electron chi connectivity index (χ0n) is 16.4. The molecule has 0 unspecified atom stereocenters. The van der Waals surface area contributed by atoms with Gasteiger partial charge in [0.05, 0.1) is 12.4 Å². The van der Waals surface area contributed by atoms with Gasteiger partial charge in [0.2, 0.25) is 5.91 Å². The molecule has 0 aliphatic heterocycles. The molecule has 2 heterocycles. The number of hydrogen-bond acceptors (Lipinski definition) is 8. The van der Waals surface area contributed by atoms with Crippen molar-refractivity contribution in [1.82, 2.24) is 24.4 Å². The van der Waals surface area contributed by atoms with Gasteiger partial charge in [-0.1, -0.05) is 25.6 Å². The number of thioether (sulfide) groups is 1. The van der Waals surface area contributed by atoms with Gasteiger partial charge >= 0.3 is 11.7 Å². The summed E-state index contributed by atoms with van der Waals surface area (Å²) < 4.78 is 7.02. The molecule has 1 amide bonds. The Morgan fingerprint density at radius 2 is 1.86 bits per heavy atom. The average molecular weight is 409 g/mol. The Morgan fingerprint density at radius 3 is 2.46 bits per heavy atom. The molecule has 152 valence electrons. The smallest absolute Gasteiger partial charge is 0.332 e. The molecule has 0 radical (unpaired) electrons. The van der Waals surface area contributed by atoms with Crippen LogP contribution >= 0.6 is 11.8 Å². The van der Waals surface area contributed by atoms with E-state index in [1.807, 2.05) is 13.8 Å². The third-order valence-electron chi connectivity index (χ3n) is 3.88. The first kappa shape index (κ1) is 21.6. The van der Waals surface area contributed by atoms with E-state index in [4.69, 9.17) is 4.74 Å². The summed E-state index contributed by atoms with van der Waals surface area (Å²) in [4.78, 5) is 57.0. The molecule has 0 aromatic carbocycles. The quantitative estimate of drug-likeness (QED) is 0.382. The van der Waals surface area contributed by atoms with Gasteiger partial charge in [-0.3, -0.25) is 23.5 Å². The van der Waals surface area contributed by atoms with E-state index in [1.54, 1.807) is 6.92 Å². The zero-order valence-corrected chi connectivity index (χ0v) is 17.3. The molecule has 1 N–H and O–H groups in total. The number of carbonyl (C=O) groups is 2. The number of nitrogens with one attached hydrogen (secondary N) is 1. The Morgan fingerprint density at radius 1 is 1.18 bits per heavy atom. The molecule has 0 bridgehead atoms. The number of amides is 1. The first-order valence-electron chi connectivity index (χ1n) is 8.70. The van der Waals surface area contributed by atoms with Gasteiger partial charge in [-0.2, -0.15) is 0 Å². The Labute approximate surface area is 165 Å². The summed E-state index contributed by atoms with van der Waals surface area (Å²) >= 11 is 1.05. The SMILES string of the molecule is CCOC(=O)CNC(=O)CSc1nc(C(C)C)nc2c1c(=O)n(C)c(=O)n2C. The van der Waals surface area contributed by atoms with Crippen LogP contribution in [0.5, 0.6) is 0 Å². The van der Waals surface area contributed by atoms with Crippen molar-refractivity contribution in [1.29, 1.82) is 0 Å². The van der Waals surface area contributed by atoms with Gasteiger partial charge in [0.15, 0.2) is 5.65 Å². The summed E-state index contributed by atoms with van der Waals surface area (Å²) in [6, 6.07) is 0. The lowest BCUT2D eigenvalue weighted by atomic mass is 10.2. The van der Waals surface area contributed by atoms with Gasteiger partial charge in [0.1, 0.15) is 22.8 Å². The van der Waals surface area contributed by atoms with E-state index in [0.29, 0.717) is 10.9 Å². The topological polar surface area (TPSA) is 125 Å². The Bertz CT molecular complexity index is 1030. The van der Waals surface area contributed by atoms with Crippen LogP contribution in [0.25, 0.3) is 11.0 Å². The highest BCUT2D eigenvalue weighted by Crippen LogP contribution is 2.24. The van der Waals surface area contributed by atoms with Crippen molar-refractivity contribution in [3.8, 4) is 0 Å².